The molecule has 2 fully saturated rings. The Bertz CT molecular complexity index is 1010. The minimum Gasteiger partial charge on any atom is -0.380 e. The summed E-state index contributed by atoms with van der Waals surface area (Å²) in [6, 6.07) is 5.56. The van der Waals surface area contributed by atoms with Gasteiger partial charge in [-0.2, -0.15) is 0 Å². The minimum atomic E-state index is -0.384. The lowest BCUT2D eigenvalue weighted by atomic mass is 9.81. The number of anilines is 3. The Labute approximate surface area is 187 Å². The van der Waals surface area contributed by atoms with Crippen LogP contribution >= 0.6 is 11.6 Å². The molecule has 31 heavy (non-hydrogen) atoms. The van der Waals surface area contributed by atoms with E-state index in [0.717, 1.165) is 62.9 Å². The maximum Gasteiger partial charge on any atom is 0.253 e. The third kappa shape index (κ3) is 4.79. The van der Waals surface area contributed by atoms with Crippen LogP contribution in [0.5, 0.6) is 0 Å². The van der Waals surface area contributed by atoms with Crippen LogP contribution < -0.4 is 26.4 Å². The number of hydrogen-bond donors (Lipinski definition) is 2. The van der Waals surface area contributed by atoms with Gasteiger partial charge in [-0.3, -0.25) is 14.4 Å². The van der Waals surface area contributed by atoms with E-state index in [1.165, 1.54) is 6.42 Å². The first-order valence-electron chi connectivity index (χ1n) is 11.3. The molecule has 1 aliphatic carbocycles. The van der Waals surface area contributed by atoms with Crippen LogP contribution in [0.2, 0.25) is 5.02 Å². The van der Waals surface area contributed by atoms with Crippen LogP contribution in [-0.2, 0) is 4.79 Å². The van der Waals surface area contributed by atoms with Crippen molar-refractivity contribution in [2.45, 2.75) is 51.9 Å². The lowest BCUT2D eigenvalue weighted by Crippen LogP contribution is -2.45. The van der Waals surface area contributed by atoms with E-state index in [2.05, 4.69) is 15.5 Å². The van der Waals surface area contributed by atoms with E-state index >= 15 is 0 Å². The summed E-state index contributed by atoms with van der Waals surface area (Å²) in [4.78, 5) is 38.9. The molecule has 1 saturated heterocycles. The maximum atomic E-state index is 12.6. The van der Waals surface area contributed by atoms with Crippen LogP contribution in [0, 0.1) is 18.8 Å². The first-order chi connectivity index (χ1) is 14.9. The van der Waals surface area contributed by atoms with Crippen molar-refractivity contribution >= 4 is 34.6 Å². The minimum absolute atomic E-state index is 0.00799. The molecule has 166 valence electrons. The van der Waals surface area contributed by atoms with Crippen molar-refractivity contribution in [2.24, 2.45) is 11.8 Å². The third-order valence-corrected chi connectivity index (χ3v) is 7.19. The van der Waals surface area contributed by atoms with E-state index in [-0.39, 0.29) is 22.7 Å². The summed E-state index contributed by atoms with van der Waals surface area (Å²) in [5, 5.41) is 6.89. The molecule has 6 nitrogen and oxygen atoms in total. The van der Waals surface area contributed by atoms with Crippen molar-refractivity contribution in [1.29, 1.82) is 0 Å². The number of nitrogens with one attached hydrogen (secondary N) is 2. The van der Waals surface area contributed by atoms with Crippen molar-refractivity contribution in [1.82, 2.24) is 0 Å². The van der Waals surface area contributed by atoms with Gasteiger partial charge in [0.25, 0.3) is 10.9 Å². The van der Waals surface area contributed by atoms with Gasteiger partial charge >= 0.3 is 0 Å². The van der Waals surface area contributed by atoms with Crippen LogP contribution in [0.15, 0.2) is 27.8 Å². The molecule has 2 aromatic carbocycles. The molecule has 0 radical (unpaired) electrons. The molecule has 2 aliphatic rings. The van der Waals surface area contributed by atoms with Gasteiger partial charge in [-0.15, -0.1) is 0 Å². The van der Waals surface area contributed by atoms with Gasteiger partial charge < -0.3 is 15.5 Å². The van der Waals surface area contributed by atoms with Crippen molar-refractivity contribution in [3.8, 4) is 0 Å². The Kier molecular flexibility index (Phi) is 6.65. The Hall–Kier alpha value is -2.34. The van der Waals surface area contributed by atoms with Gasteiger partial charge in [0.1, 0.15) is 11.4 Å². The highest BCUT2D eigenvalue weighted by atomic mass is 35.5. The molecule has 7 heteroatoms. The van der Waals surface area contributed by atoms with Crippen LogP contribution in [0.25, 0.3) is 0 Å². The van der Waals surface area contributed by atoms with Crippen LogP contribution in [0.4, 0.5) is 17.1 Å². The third-order valence-electron chi connectivity index (χ3n) is 6.78. The number of carbonyl (C=O) groups is 1. The fraction of sp³-hybridized carbons (Fsp3) is 0.542. The topological polar surface area (TPSA) is 78.5 Å². The Morgan fingerprint density at radius 1 is 1.06 bits per heavy atom. The first kappa shape index (κ1) is 21.9. The molecule has 0 unspecified atom stereocenters. The lowest BCUT2D eigenvalue weighted by Gasteiger charge is -2.32. The number of piperidine rings is 1. The summed E-state index contributed by atoms with van der Waals surface area (Å²) in [7, 11) is 0. The zero-order valence-corrected chi connectivity index (χ0v) is 18.8. The smallest absolute Gasteiger partial charge is 0.253 e. The molecule has 1 saturated carbocycles. The zero-order valence-electron chi connectivity index (χ0n) is 18.0. The monoisotopic (exact) mass is 443 g/mol. The molecular formula is C24H30ClN3O3. The molecule has 0 bridgehead atoms. The Morgan fingerprint density at radius 3 is 2.45 bits per heavy atom. The molecule has 0 atom stereocenters. The van der Waals surface area contributed by atoms with Crippen LogP contribution in [0.1, 0.15) is 50.5 Å². The molecule has 0 aromatic heterocycles. The largest absolute Gasteiger partial charge is 0.380 e. The van der Waals surface area contributed by atoms with E-state index in [4.69, 9.17) is 11.6 Å². The van der Waals surface area contributed by atoms with Gasteiger partial charge in [-0.1, -0.05) is 17.7 Å². The average molecular weight is 444 g/mol. The summed E-state index contributed by atoms with van der Waals surface area (Å²) in [6.07, 6.45) is 6.81. The molecule has 2 aromatic rings. The molecule has 1 aliphatic heterocycles. The lowest BCUT2D eigenvalue weighted by molar-refractivity contribution is -0.121. The van der Waals surface area contributed by atoms with Gasteiger partial charge in [0.05, 0.1) is 0 Å². The highest BCUT2D eigenvalue weighted by Crippen LogP contribution is 2.31. The highest BCUT2D eigenvalue weighted by Gasteiger charge is 2.29. The summed E-state index contributed by atoms with van der Waals surface area (Å²) >= 11 is 6.15. The van der Waals surface area contributed by atoms with Gasteiger partial charge in [-0.05, 0) is 75.5 Å². The van der Waals surface area contributed by atoms with Gasteiger partial charge in [0, 0.05) is 36.3 Å². The van der Waals surface area contributed by atoms with Crippen molar-refractivity contribution in [2.75, 3.05) is 35.2 Å². The molecule has 1 amide bonds. The highest BCUT2D eigenvalue weighted by molar-refractivity contribution is 6.31. The summed E-state index contributed by atoms with van der Waals surface area (Å²) in [5.74, 6) is 0.434. The van der Waals surface area contributed by atoms with E-state index in [1.807, 2.05) is 19.1 Å². The van der Waals surface area contributed by atoms with E-state index in [9.17, 15) is 14.4 Å². The number of amides is 1. The molecular weight excluding hydrogens is 414 g/mol. The second-order valence-corrected chi connectivity index (χ2v) is 9.39. The summed E-state index contributed by atoms with van der Waals surface area (Å²) in [5.41, 5.74) is 2.08. The zero-order chi connectivity index (χ0) is 22.0. The Balaban J connectivity index is 1.27. The predicted octanol–water partition coefficient (Wildman–Crippen LogP) is 4.09. The number of halogens is 1. The van der Waals surface area contributed by atoms with E-state index < -0.39 is 0 Å². The summed E-state index contributed by atoms with van der Waals surface area (Å²) in [6.45, 7) is 4.31. The normalized spacial score (nSPS) is 21.8. The maximum absolute atomic E-state index is 12.6. The average Bonchev–Trinajstić information content (AvgIpc) is 2.79. The fourth-order valence-electron chi connectivity index (χ4n) is 4.75. The van der Waals surface area contributed by atoms with Gasteiger partial charge in [-0.25, -0.2) is 0 Å². The number of aryl methyl sites for hydroxylation is 1. The van der Waals surface area contributed by atoms with Crippen molar-refractivity contribution in [3.63, 3.8) is 0 Å². The number of benzene rings is 1. The first-order valence-corrected chi connectivity index (χ1v) is 11.7. The Morgan fingerprint density at radius 2 is 1.77 bits per heavy atom. The van der Waals surface area contributed by atoms with E-state index in [0.29, 0.717) is 28.9 Å². The number of rotatable bonds is 6. The number of hydrogen-bond acceptors (Lipinski definition) is 5. The number of nitrogens with zero attached hydrogens (tertiary/aromatic N) is 1. The van der Waals surface area contributed by atoms with E-state index in [1.54, 1.807) is 6.07 Å². The summed E-state index contributed by atoms with van der Waals surface area (Å²) < 4.78 is 0. The van der Waals surface area contributed by atoms with Crippen molar-refractivity contribution in [3.05, 3.63) is 49.2 Å². The molecule has 4 rings (SSSR count). The van der Waals surface area contributed by atoms with Crippen LogP contribution in [-0.4, -0.2) is 25.5 Å². The van der Waals surface area contributed by atoms with Crippen LogP contribution in [0.3, 0.4) is 0 Å². The second-order valence-electron chi connectivity index (χ2n) is 8.98. The molecule has 2 N–H and O–H groups in total. The molecule has 0 spiro atoms. The standard InChI is InChI=1S/C24H30ClN3O3/c1-15-5-10-18(13-19(15)25)27-24(31)17-8-6-16(7-9-17)14-26-20-21(23(30)22(20)29)28-11-3-2-4-12-28/h5,10,13,16-17,26H,2-4,6-9,11-12,14H2,1H3,(H,27,31). The van der Waals surface area contributed by atoms with Gasteiger partial charge in [0.2, 0.25) is 5.91 Å². The fourth-order valence-corrected chi connectivity index (χ4v) is 4.93. The molecule has 1 heterocycles. The quantitative estimate of drug-likeness (QED) is 0.657. The number of carbonyl (C=O) groups excluding carboxylic acids is 1. The van der Waals surface area contributed by atoms with Crippen molar-refractivity contribution < 1.29 is 4.79 Å². The predicted molar refractivity (Wildman–Crippen MR) is 126 cm³/mol. The SMILES string of the molecule is Cc1ccc(NC(=O)C2CCC(CNc3c(N4CCCCC4)c(=O)c3=O)CC2)cc1Cl. The van der Waals surface area contributed by atoms with Gasteiger partial charge in [0.15, 0.2) is 0 Å². The second kappa shape index (κ2) is 9.43.